The van der Waals surface area contributed by atoms with Crippen LogP contribution < -0.4 is 5.73 Å². The van der Waals surface area contributed by atoms with E-state index in [1.165, 1.54) is 12.4 Å². The molecule has 4 nitrogen and oxygen atoms in total. The number of aromatic nitrogens is 2. The van der Waals surface area contributed by atoms with Gasteiger partial charge in [0.2, 0.25) is 5.91 Å². The van der Waals surface area contributed by atoms with Gasteiger partial charge in [0.25, 0.3) is 0 Å². The average Bonchev–Trinajstić information content (AvgIpc) is 2.69. The van der Waals surface area contributed by atoms with Crippen LogP contribution in [0.4, 0.5) is 8.78 Å². The Morgan fingerprint density at radius 1 is 1.31 bits per heavy atom. The zero-order chi connectivity index (χ0) is 11.7. The Balaban J connectivity index is 2.61. The van der Waals surface area contributed by atoms with Crippen LogP contribution in [0.5, 0.6) is 0 Å². The minimum Gasteiger partial charge on any atom is -0.366 e. The fraction of sp³-hybridized carbons (Fsp3) is 0. The van der Waals surface area contributed by atoms with Crippen molar-refractivity contribution in [2.45, 2.75) is 0 Å². The first-order valence-corrected chi connectivity index (χ1v) is 4.37. The Bertz CT molecular complexity index is 514. The summed E-state index contributed by atoms with van der Waals surface area (Å²) >= 11 is 0. The van der Waals surface area contributed by atoms with Gasteiger partial charge in [-0.1, -0.05) is 0 Å². The highest BCUT2D eigenvalue weighted by atomic mass is 19.1. The molecule has 1 amide bonds. The minimum absolute atomic E-state index is 0.206. The predicted octanol–water partition coefficient (Wildman–Crippen LogP) is 1.45. The number of H-pyrrole nitrogens is 1. The van der Waals surface area contributed by atoms with Crippen molar-refractivity contribution in [2.75, 3.05) is 0 Å². The highest BCUT2D eigenvalue weighted by molar-refractivity contribution is 5.93. The first-order valence-electron chi connectivity index (χ1n) is 4.37. The number of nitrogens with one attached hydrogen (secondary N) is 1. The minimum atomic E-state index is -0.878. The number of rotatable bonds is 2. The maximum absolute atomic E-state index is 13.5. The standard InChI is InChI=1S/C10H7F2N3O/c11-7-1-5(10(13)16)2-8(12)9(7)6-3-14-15-4-6/h1-4H,(H2,13,16)(H,14,15). The molecule has 0 bridgehead atoms. The van der Waals surface area contributed by atoms with E-state index in [-0.39, 0.29) is 16.7 Å². The van der Waals surface area contributed by atoms with Crippen LogP contribution in [0.25, 0.3) is 11.1 Å². The molecule has 0 spiro atoms. The lowest BCUT2D eigenvalue weighted by molar-refractivity contribution is 0.0999. The molecule has 0 radical (unpaired) electrons. The molecule has 3 N–H and O–H groups in total. The number of amides is 1. The van der Waals surface area contributed by atoms with E-state index in [0.29, 0.717) is 0 Å². The molecule has 0 unspecified atom stereocenters. The maximum atomic E-state index is 13.5. The summed E-state index contributed by atoms with van der Waals surface area (Å²) < 4.78 is 27.1. The second-order valence-corrected chi connectivity index (χ2v) is 3.17. The molecule has 0 fully saturated rings. The van der Waals surface area contributed by atoms with E-state index in [1.54, 1.807) is 0 Å². The quantitative estimate of drug-likeness (QED) is 0.808. The van der Waals surface area contributed by atoms with Crippen molar-refractivity contribution in [1.82, 2.24) is 10.2 Å². The number of nitrogens with zero attached hydrogens (tertiary/aromatic N) is 1. The van der Waals surface area contributed by atoms with Gasteiger partial charge in [-0.3, -0.25) is 9.89 Å². The topological polar surface area (TPSA) is 71.8 Å². The van der Waals surface area contributed by atoms with Crippen LogP contribution in [-0.4, -0.2) is 16.1 Å². The Morgan fingerprint density at radius 3 is 2.38 bits per heavy atom. The zero-order valence-electron chi connectivity index (χ0n) is 8.00. The van der Waals surface area contributed by atoms with Gasteiger partial charge in [-0.15, -0.1) is 0 Å². The van der Waals surface area contributed by atoms with Crippen molar-refractivity contribution in [2.24, 2.45) is 5.73 Å². The summed E-state index contributed by atoms with van der Waals surface area (Å²) in [6.07, 6.45) is 2.64. The van der Waals surface area contributed by atoms with Crippen molar-refractivity contribution < 1.29 is 13.6 Å². The first-order chi connectivity index (χ1) is 7.59. The van der Waals surface area contributed by atoms with Crippen LogP contribution in [0.3, 0.4) is 0 Å². The van der Waals surface area contributed by atoms with Crippen LogP contribution in [0.2, 0.25) is 0 Å². The monoisotopic (exact) mass is 223 g/mol. The third-order valence-corrected chi connectivity index (χ3v) is 2.11. The Labute approximate surface area is 89.1 Å². The molecule has 1 heterocycles. The van der Waals surface area contributed by atoms with Gasteiger partial charge in [0.05, 0.1) is 11.8 Å². The zero-order valence-corrected chi connectivity index (χ0v) is 8.00. The lowest BCUT2D eigenvalue weighted by Crippen LogP contribution is -2.12. The number of carbonyl (C=O) groups excluding carboxylic acids is 1. The maximum Gasteiger partial charge on any atom is 0.248 e. The fourth-order valence-electron chi connectivity index (χ4n) is 1.38. The van der Waals surface area contributed by atoms with Crippen molar-refractivity contribution in [1.29, 1.82) is 0 Å². The SMILES string of the molecule is NC(=O)c1cc(F)c(-c2cn[nH]c2)c(F)c1. The van der Waals surface area contributed by atoms with Crippen molar-refractivity contribution >= 4 is 5.91 Å². The Hall–Kier alpha value is -2.24. The van der Waals surface area contributed by atoms with Crippen LogP contribution in [0, 0.1) is 11.6 Å². The molecule has 0 aliphatic rings. The number of benzene rings is 1. The third-order valence-electron chi connectivity index (χ3n) is 2.11. The number of aromatic amines is 1. The Kier molecular flexibility index (Phi) is 2.40. The van der Waals surface area contributed by atoms with Crippen LogP contribution >= 0.6 is 0 Å². The molecule has 6 heteroatoms. The van der Waals surface area contributed by atoms with Gasteiger partial charge < -0.3 is 5.73 Å². The summed E-state index contributed by atoms with van der Waals surface area (Å²) in [5.41, 5.74) is 4.76. The largest absolute Gasteiger partial charge is 0.366 e. The lowest BCUT2D eigenvalue weighted by Gasteiger charge is -2.04. The molecule has 0 saturated heterocycles. The smallest absolute Gasteiger partial charge is 0.248 e. The van der Waals surface area contributed by atoms with E-state index >= 15 is 0 Å². The summed E-state index contributed by atoms with van der Waals surface area (Å²) in [5, 5.41) is 6.03. The second kappa shape index (κ2) is 3.73. The van der Waals surface area contributed by atoms with Gasteiger partial charge in [-0.25, -0.2) is 8.78 Å². The van der Waals surface area contributed by atoms with E-state index in [4.69, 9.17) is 5.73 Å². The molecule has 2 aromatic rings. The average molecular weight is 223 g/mol. The number of primary amides is 1. The summed E-state index contributed by atoms with van der Waals surface area (Å²) in [6.45, 7) is 0. The van der Waals surface area contributed by atoms with Crippen LogP contribution in [0.15, 0.2) is 24.5 Å². The lowest BCUT2D eigenvalue weighted by atomic mass is 10.1. The summed E-state index contributed by atoms with van der Waals surface area (Å²) in [5.74, 6) is -2.58. The summed E-state index contributed by atoms with van der Waals surface area (Å²) in [7, 11) is 0. The van der Waals surface area contributed by atoms with Gasteiger partial charge >= 0.3 is 0 Å². The number of hydrogen-bond donors (Lipinski definition) is 2. The van der Waals surface area contributed by atoms with Crippen molar-refractivity contribution in [3.8, 4) is 11.1 Å². The van der Waals surface area contributed by atoms with Gasteiger partial charge in [0.1, 0.15) is 11.6 Å². The molecule has 0 aliphatic carbocycles. The molecular weight excluding hydrogens is 216 g/mol. The highest BCUT2D eigenvalue weighted by Crippen LogP contribution is 2.26. The van der Waals surface area contributed by atoms with Gasteiger partial charge in [-0.05, 0) is 12.1 Å². The van der Waals surface area contributed by atoms with E-state index in [9.17, 15) is 13.6 Å². The molecule has 1 aromatic carbocycles. The molecular formula is C10H7F2N3O. The molecule has 1 aromatic heterocycles. The molecule has 2 rings (SSSR count). The predicted molar refractivity (Wildman–Crippen MR) is 52.5 cm³/mol. The number of carbonyl (C=O) groups is 1. The second-order valence-electron chi connectivity index (χ2n) is 3.17. The van der Waals surface area contributed by atoms with E-state index in [0.717, 1.165) is 12.1 Å². The molecule has 0 saturated carbocycles. The normalized spacial score (nSPS) is 10.4. The van der Waals surface area contributed by atoms with Crippen LogP contribution in [-0.2, 0) is 0 Å². The van der Waals surface area contributed by atoms with E-state index in [1.807, 2.05) is 0 Å². The fourth-order valence-corrected chi connectivity index (χ4v) is 1.38. The van der Waals surface area contributed by atoms with Crippen molar-refractivity contribution in [3.05, 3.63) is 41.7 Å². The van der Waals surface area contributed by atoms with E-state index < -0.39 is 17.5 Å². The first kappa shape index (κ1) is 10.3. The van der Waals surface area contributed by atoms with Crippen molar-refractivity contribution in [3.63, 3.8) is 0 Å². The summed E-state index contributed by atoms with van der Waals surface area (Å²) in [4.78, 5) is 10.8. The summed E-state index contributed by atoms with van der Waals surface area (Å²) in [6, 6.07) is 1.79. The Morgan fingerprint density at radius 2 is 1.94 bits per heavy atom. The van der Waals surface area contributed by atoms with Gasteiger partial charge in [0, 0.05) is 17.3 Å². The van der Waals surface area contributed by atoms with Gasteiger partial charge in [0.15, 0.2) is 0 Å². The van der Waals surface area contributed by atoms with Crippen LogP contribution in [0.1, 0.15) is 10.4 Å². The molecule has 82 valence electrons. The molecule has 0 aliphatic heterocycles. The highest BCUT2D eigenvalue weighted by Gasteiger charge is 2.15. The number of halogens is 2. The van der Waals surface area contributed by atoms with E-state index in [2.05, 4.69) is 10.2 Å². The molecule has 16 heavy (non-hydrogen) atoms. The van der Waals surface area contributed by atoms with Gasteiger partial charge in [-0.2, -0.15) is 5.10 Å². The molecule has 0 atom stereocenters. The third kappa shape index (κ3) is 1.65. The number of nitrogens with two attached hydrogens (primary N) is 1. The number of hydrogen-bond acceptors (Lipinski definition) is 2.